The molecule has 7 rings (SSSR count). The molecule has 11 heteroatoms. The number of ether oxygens (including phenoxy) is 3. The molecule has 4 aliphatic rings. The first-order chi connectivity index (χ1) is 30.3. The fourth-order valence-electron chi connectivity index (χ4n) is 12.4. The smallest absolute Gasteiger partial charge is 0.340 e. The Kier molecular flexibility index (Phi) is 15.4. The van der Waals surface area contributed by atoms with Gasteiger partial charge in [0, 0.05) is 12.8 Å². The van der Waals surface area contributed by atoms with Crippen LogP contribution in [0.25, 0.3) is 0 Å². The lowest BCUT2D eigenvalue weighted by atomic mass is 9.43. The number of esters is 3. The molecule has 0 aliphatic heterocycles. The molecule has 0 spiro atoms. The summed E-state index contributed by atoms with van der Waals surface area (Å²) in [6.07, 6.45) is 8.97. The van der Waals surface area contributed by atoms with Crippen LogP contribution in [0.15, 0.2) is 84.9 Å². The molecule has 63 heavy (non-hydrogen) atoms. The van der Waals surface area contributed by atoms with Crippen molar-refractivity contribution >= 4 is 23.8 Å². The standard InChI is InChI=1S/C52H67NO10/c1-34(43-22-23-44-42-21-20-40-29-41(54)26-27-51(40,2)45(42)30-46(55)52(43,44)3)14-25-48(57)61-33-62-49(58)38-17-15-35(16-18-38)28-39(50(59)60-31-36-10-6-4-7-11-36)19-24-47(56)53-63-32-37-12-8-5-9-13-37/h4-13,15-18,34,39-46,54-55H,14,19-33H2,1-3H3,(H,53,56)/t34-,39?,40-,41-,42?,43?,44?,45?,46+,51+,52-/m1/s1. The van der Waals surface area contributed by atoms with Crippen LogP contribution >= 0.6 is 0 Å². The molecule has 5 unspecified atom stereocenters. The van der Waals surface area contributed by atoms with Gasteiger partial charge in [-0.05, 0) is 146 Å². The Morgan fingerprint density at radius 2 is 1.43 bits per heavy atom. The van der Waals surface area contributed by atoms with Crippen LogP contribution in [0.2, 0.25) is 0 Å². The van der Waals surface area contributed by atoms with Crippen LogP contribution in [0.5, 0.6) is 0 Å². The Morgan fingerprint density at radius 1 is 0.730 bits per heavy atom. The molecule has 0 aromatic heterocycles. The van der Waals surface area contributed by atoms with Crippen LogP contribution < -0.4 is 5.48 Å². The molecule has 4 aliphatic carbocycles. The Bertz CT molecular complexity index is 1990. The van der Waals surface area contributed by atoms with E-state index >= 15 is 0 Å². The molecule has 3 aromatic carbocycles. The van der Waals surface area contributed by atoms with E-state index in [9.17, 15) is 29.4 Å². The van der Waals surface area contributed by atoms with E-state index in [4.69, 9.17) is 19.0 Å². The van der Waals surface area contributed by atoms with E-state index in [1.165, 1.54) is 12.8 Å². The molecule has 1 amide bonds. The average molecular weight is 866 g/mol. The summed E-state index contributed by atoms with van der Waals surface area (Å²) < 4.78 is 16.3. The summed E-state index contributed by atoms with van der Waals surface area (Å²) in [6.45, 7) is 6.77. The van der Waals surface area contributed by atoms with Gasteiger partial charge in [0.1, 0.15) is 6.61 Å². The third-order valence-electron chi connectivity index (χ3n) is 15.9. The monoisotopic (exact) mass is 865 g/mol. The van der Waals surface area contributed by atoms with Crippen molar-refractivity contribution in [1.29, 1.82) is 0 Å². The molecule has 0 radical (unpaired) electrons. The summed E-state index contributed by atoms with van der Waals surface area (Å²) in [6, 6.07) is 25.5. The molecule has 340 valence electrons. The normalized spacial score (nSPS) is 29.5. The highest BCUT2D eigenvalue weighted by atomic mass is 16.7. The fraction of sp³-hybridized carbons (Fsp3) is 0.577. The number of nitrogens with one attached hydrogen (secondary N) is 1. The van der Waals surface area contributed by atoms with Crippen LogP contribution in [-0.2, 0) is 53.1 Å². The van der Waals surface area contributed by atoms with Gasteiger partial charge in [-0.15, -0.1) is 0 Å². The van der Waals surface area contributed by atoms with E-state index in [2.05, 4.69) is 26.3 Å². The number of aliphatic hydroxyl groups is 2. The minimum Gasteiger partial charge on any atom is -0.461 e. The van der Waals surface area contributed by atoms with Gasteiger partial charge in [0.05, 0.1) is 30.3 Å². The number of carbonyl (C=O) groups is 4. The van der Waals surface area contributed by atoms with Crippen LogP contribution in [0.1, 0.15) is 125 Å². The van der Waals surface area contributed by atoms with Crippen LogP contribution in [-0.4, -0.2) is 53.0 Å². The van der Waals surface area contributed by atoms with Crippen molar-refractivity contribution in [2.45, 2.75) is 130 Å². The number of rotatable bonds is 18. The van der Waals surface area contributed by atoms with Crippen LogP contribution in [0.4, 0.5) is 0 Å². The highest BCUT2D eigenvalue weighted by Crippen LogP contribution is 2.68. The van der Waals surface area contributed by atoms with Crippen molar-refractivity contribution in [2.75, 3.05) is 6.79 Å². The molecule has 3 aromatic rings. The lowest BCUT2D eigenvalue weighted by molar-refractivity contribution is -0.175. The first-order valence-electron chi connectivity index (χ1n) is 23.3. The van der Waals surface area contributed by atoms with Gasteiger partial charge in [0.15, 0.2) is 0 Å². The topological polar surface area (TPSA) is 158 Å². The number of aliphatic hydroxyl groups excluding tert-OH is 2. The highest BCUT2D eigenvalue weighted by Gasteiger charge is 2.63. The van der Waals surface area contributed by atoms with Gasteiger partial charge < -0.3 is 24.4 Å². The zero-order valence-electron chi connectivity index (χ0n) is 37.3. The van der Waals surface area contributed by atoms with Crippen molar-refractivity contribution in [3.05, 3.63) is 107 Å². The van der Waals surface area contributed by atoms with Gasteiger partial charge in [-0.25, -0.2) is 10.3 Å². The molecular weight excluding hydrogens is 799 g/mol. The molecule has 11 atom stereocenters. The predicted octanol–water partition coefficient (Wildman–Crippen LogP) is 8.68. The zero-order chi connectivity index (χ0) is 44.6. The first kappa shape index (κ1) is 46.4. The van der Waals surface area contributed by atoms with Gasteiger partial charge in [-0.1, -0.05) is 93.6 Å². The van der Waals surface area contributed by atoms with E-state index in [0.717, 1.165) is 55.2 Å². The first-order valence-corrected chi connectivity index (χ1v) is 23.3. The Labute approximate surface area is 372 Å². The summed E-state index contributed by atoms with van der Waals surface area (Å²) in [4.78, 5) is 57.1. The maximum absolute atomic E-state index is 13.3. The zero-order valence-corrected chi connectivity index (χ0v) is 37.3. The third kappa shape index (κ3) is 11.0. The third-order valence-corrected chi connectivity index (χ3v) is 15.9. The molecule has 0 heterocycles. The largest absolute Gasteiger partial charge is 0.461 e. The Hall–Kier alpha value is -4.58. The van der Waals surface area contributed by atoms with Gasteiger partial charge in [0.2, 0.25) is 12.7 Å². The Balaban J connectivity index is 0.852. The second-order valence-electron chi connectivity index (χ2n) is 19.5. The molecule has 0 bridgehead atoms. The van der Waals surface area contributed by atoms with Gasteiger partial charge >= 0.3 is 17.9 Å². The lowest BCUT2D eigenvalue weighted by Gasteiger charge is -2.62. The van der Waals surface area contributed by atoms with Crippen molar-refractivity contribution < 1.29 is 48.4 Å². The number of hydroxylamine groups is 1. The SMILES string of the molecule is C[C@H](CCC(=O)OCOC(=O)c1ccc(CC(CCC(=O)NOCc2ccccc2)C(=O)OCc2ccccc2)cc1)C1CCC2C3CC[C@@H]4C[C@H](O)CC[C@]4(C)C3C[C@H](O)[C@@]21C. The summed E-state index contributed by atoms with van der Waals surface area (Å²) in [5.74, 6) is 0.150. The number of carbonyl (C=O) groups excluding carboxylic acids is 4. The number of hydrogen-bond donors (Lipinski definition) is 3. The highest BCUT2D eigenvalue weighted by molar-refractivity contribution is 5.89. The molecule has 4 saturated carbocycles. The van der Waals surface area contributed by atoms with E-state index < -0.39 is 30.6 Å². The van der Waals surface area contributed by atoms with Crippen molar-refractivity contribution in [1.82, 2.24) is 5.48 Å². The molecule has 0 saturated heterocycles. The maximum atomic E-state index is 13.3. The van der Waals surface area contributed by atoms with E-state index in [0.29, 0.717) is 36.0 Å². The Morgan fingerprint density at radius 3 is 2.14 bits per heavy atom. The summed E-state index contributed by atoms with van der Waals surface area (Å²) in [5.41, 5.74) is 5.26. The van der Waals surface area contributed by atoms with Crippen LogP contribution in [0, 0.1) is 52.3 Å². The second-order valence-corrected chi connectivity index (χ2v) is 19.5. The number of amides is 1. The molecular formula is C52H67NO10. The minimum absolute atomic E-state index is 0.0414. The van der Waals surface area contributed by atoms with Crippen molar-refractivity contribution in [2.24, 2.45) is 52.3 Å². The second kappa shape index (κ2) is 20.9. The number of hydrogen-bond acceptors (Lipinski definition) is 10. The van der Waals surface area contributed by atoms with Crippen molar-refractivity contribution in [3.8, 4) is 0 Å². The number of benzene rings is 3. The average Bonchev–Trinajstić information content (AvgIpc) is 3.66. The van der Waals surface area contributed by atoms with Gasteiger partial charge in [0.25, 0.3) is 0 Å². The summed E-state index contributed by atoms with van der Waals surface area (Å²) >= 11 is 0. The molecule has 3 N–H and O–H groups in total. The fourth-order valence-corrected chi connectivity index (χ4v) is 12.4. The number of fused-ring (bicyclic) bond motifs is 5. The predicted molar refractivity (Wildman–Crippen MR) is 236 cm³/mol. The van der Waals surface area contributed by atoms with E-state index in [1.54, 1.807) is 24.3 Å². The van der Waals surface area contributed by atoms with E-state index in [1.807, 2.05) is 60.7 Å². The lowest BCUT2D eigenvalue weighted by Crippen LogP contribution is -2.58. The maximum Gasteiger partial charge on any atom is 0.340 e. The summed E-state index contributed by atoms with van der Waals surface area (Å²) in [7, 11) is 0. The quantitative estimate of drug-likeness (QED) is 0.0642. The molecule has 11 nitrogen and oxygen atoms in total. The van der Waals surface area contributed by atoms with Crippen molar-refractivity contribution in [3.63, 3.8) is 0 Å². The van der Waals surface area contributed by atoms with Crippen LogP contribution in [0.3, 0.4) is 0 Å². The summed E-state index contributed by atoms with van der Waals surface area (Å²) in [5, 5.41) is 22.3. The van der Waals surface area contributed by atoms with Gasteiger partial charge in [-0.2, -0.15) is 0 Å². The molecule has 4 fully saturated rings. The van der Waals surface area contributed by atoms with Gasteiger partial charge in [-0.3, -0.25) is 19.2 Å². The minimum atomic E-state index is -0.643. The van der Waals surface area contributed by atoms with E-state index in [-0.39, 0.29) is 79.3 Å².